The summed E-state index contributed by atoms with van der Waals surface area (Å²) in [4.78, 5) is 26.8. The van der Waals surface area contributed by atoms with Crippen molar-refractivity contribution in [2.24, 2.45) is 0 Å². The van der Waals surface area contributed by atoms with Gasteiger partial charge in [0.1, 0.15) is 0 Å². The lowest BCUT2D eigenvalue weighted by atomic mass is 9.93. The van der Waals surface area contributed by atoms with Crippen molar-refractivity contribution < 1.29 is 9.59 Å². The van der Waals surface area contributed by atoms with Crippen LogP contribution in [0.1, 0.15) is 43.7 Å². The first-order valence-corrected chi connectivity index (χ1v) is 9.24. The molecule has 0 radical (unpaired) electrons. The van der Waals surface area contributed by atoms with E-state index < -0.39 is 0 Å². The minimum absolute atomic E-state index is 0.0167. The first-order valence-electron chi connectivity index (χ1n) is 9.24. The average molecular weight is 352 g/mol. The maximum atomic E-state index is 12.9. The second-order valence-electron chi connectivity index (χ2n) is 6.51. The van der Waals surface area contributed by atoms with Crippen LogP contribution in [-0.2, 0) is 16.0 Å². The quantitative estimate of drug-likeness (QED) is 0.773. The van der Waals surface area contributed by atoms with E-state index in [0.717, 1.165) is 36.1 Å². The number of nitrogens with zero attached hydrogens (tertiary/aromatic N) is 1. The van der Waals surface area contributed by atoms with Crippen molar-refractivity contribution >= 4 is 17.5 Å². The van der Waals surface area contributed by atoms with E-state index >= 15 is 0 Å². The fraction of sp³-hybridized carbons (Fsp3) is 0.364. The number of carbonyl (C=O) groups is 2. The van der Waals surface area contributed by atoms with Gasteiger partial charge in [-0.2, -0.15) is 0 Å². The van der Waals surface area contributed by atoms with Gasteiger partial charge in [0.2, 0.25) is 11.8 Å². The predicted molar refractivity (Wildman–Crippen MR) is 106 cm³/mol. The topological polar surface area (TPSA) is 49.4 Å². The Morgan fingerprint density at radius 1 is 1.00 bits per heavy atom. The van der Waals surface area contributed by atoms with Crippen molar-refractivity contribution in [1.82, 2.24) is 4.90 Å². The first kappa shape index (κ1) is 19.7. The highest BCUT2D eigenvalue weighted by Crippen LogP contribution is 2.23. The molecular formula is C22H28N2O2. The average Bonchev–Trinajstić information content (AvgIpc) is 2.66. The minimum atomic E-state index is -0.207. The Labute approximate surface area is 156 Å². The number of hydrogen-bond acceptors (Lipinski definition) is 2. The minimum Gasteiger partial charge on any atom is -0.336 e. The van der Waals surface area contributed by atoms with Gasteiger partial charge >= 0.3 is 0 Å². The molecule has 1 atom stereocenters. The van der Waals surface area contributed by atoms with Crippen molar-refractivity contribution in [1.29, 1.82) is 0 Å². The van der Waals surface area contributed by atoms with Gasteiger partial charge in [-0.1, -0.05) is 68.8 Å². The SMILES string of the molecule is CCCC(C(=O)N(C)CC(=O)Nc1ccccc1CC)c1ccccc1. The molecule has 0 saturated heterocycles. The number of anilines is 1. The van der Waals surface area contributed by atoms with Crippen LogP contribution in [0.3, 0.4) is 0 Å². The molecule has 26 heavy (non-hydrogen) atoms. The van der Waals surface area contributed by atoms with Crippen LogP contribution in [0.4, 0.5) is 5.69 Å². The molecule has 0 heterocycles. The number of likely N-dealkylation sites (N-methyl/N-ethyl adjacent to an activating group) is 1. The Hall–Kier alpha value is -2.62. The van der Waals surface area contributed by atoms with Crippen molar-refractivity contribution in [3.63, 3.8) is 0 Å². The highest BCUT2D eigenvalue weighted by Gasteiger charge is 2.24. The van der Waals surface area contributed by atoms with Crippen LogP contribution in [0.2, 0.25) is 0 Å². The fourth-order valence-corrected chi connectivity index (χ4v) is 3.11. The van der Waals surface area contributed by atoms with Crippen LogP contribution in [0.5, 0.6) is 0 Å². The summed E-state index contributed by atoms with van der Waals surface area (Å²) in [6, 6.07) is 17.5. The first-order chi connectivity index (χ1) is 12.6. The third-order valence-corrected chi connectivity index (χ3v) is 4.51. The highest BCUT2D eigenvalue weighted by molar-refractivity contribution is 5.96. The molecule has 0 aromatic heterocycles. The molecule has 2 aromatic rings. The Morgan fingerprint density at radius 2 is 1.65 bits per heavy atom. The second-order valence-corrected chi connectivity index (χ2v) is 6.51. The number of rotatable bonds is 8. The van der Waals surface area contributed by atoms with Crippen molar-refractivity contribution in [3.8, 4) is 0 Å². The molecule has 138 valence electrons. The third-order valence-electron chi connectivity index (χ3n) is 4.51. The van der Waals surface area contributed by atoms with Crippen molar-refractivity contribution in [2.75, 3.05) is 18.9 Å². The highest BCUT2D eigenvalue weighted by atomic mass is 16.2. The predicted octanol–water partition coefficient (Wildman–Crippen LogP) is 4.23. The van der Waals surface area contributed by atoms with E-state index in [4.69, 9.17) is 0 Å². The lowest BCUT2D eigenvalue weighted by Crippen LogP contribution is -2.38. The molecule has 4 nitrogen and oxygen atoms in total. The maximum absolute atomic E-state index is 12.9. The summed E-state index contributed by atoms with van der Waals surface area (Å²) in [7, 11) is 1.69. The summed E-state index contributed by atoms with van der Waals surface area (Å²) in [5.41, 5.74) is 2.90. The van der Waals surface area contributed by atoms with E-state index in [2.05, 4.69) is 19.2 Å². The second kappa shape index (κ2) is 9.76. The van der Waals surface area contributed by atoms with E-state index in [1.165, 1.54) is 4.90 Å². The molecule has 4 heteroatoms. The lowest BCUT2D eigenvalue weighted by molar-refractivity contribution is -0.134. The molecule has 1 N–H and O–H groups in total. The zero-order valence-electron chi connectivity index (χ0n) is 15.9. The number of amides is 2. The Kier molecular flexibility index (Phi) is 7.39. The van der Waals surface area contributed by atoms with Gasteiger partial charge in [-0.05, 0) is 30.0 Å². The van der Waals surface area contributed by atoms with Crippen LogP contribution >= 0.6 is 0 Å². The number of aryl methyl sites for hydroxylation is 1. The summed E-state index contributed by atoms with van der Waals surface area (Å²) in [5, 5.41) is 2.93. The molecular weight excluding hydrogens is 324 g/mol. The van der Waals surface area contributed by atoms with Crippen molar-refractivity contribution in [3.05, 3.63) is 65.7 Å². The molecule has 2 rings (SSSR count). The van der Waals surface area contributed by atoms with Crippen LogP contribution in [0, 0.1) is 0 Å². The summed E-state index contributed by atoms with van der Waals surface area (Å²) in [5.74, 6) is -0.399. The number of carbonyl (C=O) groups excluding carboxylic acids is 2. The van der Waals surface area contributed by atoms with Gasteiger partial charge in [0.05, 0.1) is 12.5 Å². The van der Waals surface area contributed by atoms with Crippen LogP contribution in [0.15, 0.2) is 54.6 Å². The summed E-state index contributed by atoms with van der Waals surface area (Å²) >= 11 is 0. The fourth-order valence-electron chi connectivity index (χ4n) is 3.11. The molecule has 0 fully saturated rings. The maximum Gasteiger partial charge on any atom is 0.243 e. The molecule has 2 aromatic carbocycles. The molecule has 0 spiro atoms. The Bertz CT molecular complexity index is 728. The van der Waals surface area contributed by atoms with Gasteiger partial charge in [-0.3, -0.25) is 9.59 Å². The van der Waals surface area contributed by atoms with E-state index in [1.54, 1.807) is 7.05 Å². The van der Waals surface area contributed by atoms with E-state index in [1.807, 2.05) is 54.6 Å². The van der Waals surface area contributed by atoms with E-state index in [9.17, 15) is 9.59 Å². The third kappa shape index (κ3) is 5.19. The Morgan fingerprint density at radius 3 is 2.31 bits per heavy atom. The zero-order valence-corrected chi connectivity index (χ0v) is 15.9. The molecule has 0 aliphatic rings. The van der Waals surface area contributed by atoms with Gasteiger partial charge in [-0.15, -0.1) is 0 Å². The van der Waals surface area contributed by atoms with E-state index in [0.29, 0.717) is 0 Å². The number of nitrogens with one attached hydrogen (secondary N) is 1. The zero-order chi connectivity index (χ0) is 18.9. The van der Waals surface area contributed by atoms with Crippen molar-refractivity contribution in [2.45, 2.75) is 39.0 Å². The molecule has 0 saturated carbocycles. The standard InChI is InChI=1S/C22H28N2O2/c1-4-11-19(18-13-7-6-8-14-18)22(26)24(3)16-21(25)23-20-15-10-9-12-17(20)5-2/h6-10,12-15,19H,4-5,11,16H2,1-3H3,(H,23,25). The summed E-state index contributed by atoms with van der Waals surface area (Å²) < 4.78 is 0. The number of hydrogen-bond donors (Lipinski definition) is 1. The van der Waals surface area contributed by atoms with Crippen LogP contribution < -0.4 is 5.32 Å². The van der Waals surface area contributed by atoms with Gasteiger partial charge in [0.25, 0.3) is 0 Å². The van der Waals surface area contributed by atoms with Gasteiger partial charge in [-0.25, -0.2) is 0 Å². The normalized spacial score (nSPS) is 11.7. The lowest BCUT2D eigenvalue weighted by Gasteiger charge is -2.24. The summed E-state index contributed by atoms with van der Waals surface area (Å²) in [6.45, 7) is 4.16. The molecule has 0 aliphatic carbocycles. The monoisotopic (exact) mass is 352 g/mol. The number of para-hydroxylation sites is 1. The van der Waals surface area contributed by atoms with Gasteiger partial charge in [0, 0.05) is 12.7 Å². The van der Waals surface area contributed by atoms with Gasteiger partial charge < -0.3 is 10.2 Å². The molecule has 0 aliphatic heterocycles. The van der Waals surface area contributed by atoms with Crippen LogP contribution in [-0.4, -0.2) is 30.3 Å². The van der Waals surface area contributed by atoms with E-state index in [-0.39, 0.29) is 24.3 Å². The molecule has 2 amide bonds. The smallest absolute Gasteiger partial charge is 0.243 e. The number of benzene rings is 2. The van der Waals surface area contributed by atoms with Crippen LogP contribution in [0.25, 0.3) is 0 Å². The Balaban J connectivity index is 2.03. The largest absolute Gasteiger partial charge is 0.336 e. The molecule has 0 bridgehead atoms. The summed E-state index contributed by atoms with van der Waals surface area (Å²) in [6.07, 6.45) is 2.53. The van der Waals surface area contributed by atoms with Gasteiger partial charge in [0.15, 0.2) is 0 Å². The molecule has 1 unspecified atom stereocenters.